The zero-order valence-electron chi connectivity index (χ0n) is 17.8. The summed E-state index contributed by atoms with van der Waals surface area (Å²) in [6, 6.07) is 5.89. The first kappa shape index (κ1) is 26.8. The van der Waals surface area contributed by atoms with E-state index in [1.165, 1.54) is 6.26 Å². The van der Waals surface area contributed by atoms with Crippen molar-refractivity contribution >= 4 is 39.8 Å². The Morgan fingerprint density at radius 2 is 1.82 bits per heavy atom. The third kappa shape index (κ3) is 8.85. The number of aliphatic imine (C=N–C) groups is 1. The number of nitrogens with zero attached hydrogens (tertiary/aromatic N) is 1. The molecule has 0 spiro atoms. The predicted octanol–water partition coefficient (Wildman–Crippen LogP) is 2.59. The Hall–Kier alpha value is -1.23. The van der Waals surface area contributed by atoms with E-state index in [4.69, 9.17) is 9.47 Å². The van der Waals surface area contributed by atoms with Crippen LogP contribution in [0.1, 0.15) is 32.8 Å². The third-order valence-electron chi connectivity index (χ3n) is 4.39. The van der Waals surface area contributed by atoms with E-state index in [0.29, 0.717) is 30.4 Å². The van der Waals surface area contributed by atoms with Gasteiger partial charge in [-0.15, -0.1) is 24.0 Å². The molecule has 0 aliphatic carbocycles. The quantitative estimate of drug-likeness (QED) is 0.292. The van der Waals surface area contributed by atoms with Gasteiger partial charge in [-0.2, -0.15) is 0 Å². The van der Waals surface area contributed by atoms with E-state index in [9.17, 15) is 8.42 Å². The minimum atomic E-state index is -2.97. The molecule has 1 rings (SSSR count). The number of methoxy groups -OCH3 is 2. The van der Waals surface area contributed by atoms with Crippen LogP contribution in [0, 0.1) is 0 Å². The molecule has 0 bridgehead atoms. The van der Waals surface area contributed by atoms with Crippen LogP contribution in [-0.4, -0.2) is 60.2 Å². The second kappa shape index (κ2) is 11.7. The lowest BCUT2D eigenvalue weighted by atomic mass is 9.84. The fourth-order valence-corrected chi connectivity index (χ4v) is 3.34. The zero-order chi connectivity index (χ0) is 20.7. The predicted molar refractivity (Wildman–Crippen MR) is 126 cm³/mol. The van der Waals surface area contributed by atoms with Crippen molar-refractivity contribution < 1.29 is 17.9 Å². The maximum absolute atomic E-state index is 11.3. The number of nitrogens with one attached hydrogen (secondary N) is 2. The molecule has 0 aliphatic rings. The first-order chi connectivity index (χ1) is 12.5. The van der Waals surface area contributed by atoms with Crippen molar-refractivity contribution in [3.63, 3.8) is 0 Å². The zero-order valence-corrected chi connectivity index (χ0v) is 21.0. The lowest BCUT2D eigenvalue weighted by Crippen LogP contribution is -2.46. The average Bonchev–Trinajstić information content (AvgIpc) is 2.62. The van der Waals surface area contributed by atoms with Crippen LogP contribution in [0.4, 0.5) is 0 Å². The van der Waals surface area contributed by atoms with E-state index in [-0.39, 0.29) is 41.2 Å². The second-order valence-electron chi connectivity index (χ2n) is 7.34. The highest BCUT2D eigenvalue weighted by atomic mass is 127. The van der Waals surface area contributed by atoms with Crippen LogP contribution < -0.4 is 20.1 Å². The molecule has 0 fully saturated rings. The standard InChI is InChI=1S/C19H33N3O4S.HI/c1-14(10-11-27(7,23)24)22-18(20-4)21-13-19(2,3)15-8-9-16(25-5)17(12-15)26-6;/h8-9,12,14H,10-11,13H2,1-7H3,(H2,20,21,22);1H. The summed E-state index contributed by atoms with van der Waals surface area (Å²) in [6.07, 6.45) is 1.77. The van der Waals surface area contributed by atoms with Gasteiger partial charge in [-0.05, 0) is 31.0 Å². The molecule has 0 amide bonds. The van der Waals surface area contributed by atoms with Gasteiger partial charge in [0, 0.05) is 31.3 Å². The van der Waals surface area contributed by atoms with Crippen molar-refractivity contribution in [2.24, 2.45) is 4.99 Å². The fraction of sp³-hybridized carbons (Fsp3) is 0.632. The lowest BCUT2D eigenvalue weighted by molar-refractivity contribution is 0.353. The monoisotopic (exact) mass is 527 g/mol. The number of guanidine groups is 1. The van der Waals surface area contributed by atoms with Crippen molar-refractivity contribution in [2.75, 3.05) is 39.8 Å². The summed E-state index contributed by atoms with van der Waals surface area (Å²) in [7, 11) is 1.97. The molecule has 28 heavy (non-hydrogen) atoms. The first-order valence-electron chi connectivity index (χ1n) is 8.90. The summed E-state index contributed by atoms with van der Waals surface area (Å²) in [5.41, 5.74) is 0.918. The Morgan fingerprint density at radius 3 is 2.32 bits per heavy atom. The Labute approximate surface area is 186 Å². The molecule has 0 aromatic heterocycles. The summed E-state index contributed by atoms with van der Waals surface area (Å²) < 4.78 is 33.3. The largest absolute Gasteiger partial charge is 0.493 e. The summed E-state index contributed by atoms with van der Waals surface area (Å²) in [5, 5.41) is 6.55. The maximum Gasteiger partial charge on any atom is 0.191 e. The van der Waals surface area contributed by atoms with E-state index in [1.54, 1.807) is 21.3 Å². The van der Waals surface area contributed by atoms with Gasteiger partial charge in [0.15, 0.2) is 17.5 Å². The number of benzene rings is 1. The van der Waals surface area contributed by atoms with Crippen molar-refractivity contribution in [1.29, 1.82) is 0 Å². The number of rotatable bonds is 9. The van der Waals surface area contributed by atoms with Gasteiger partial charge in [0.2, 0.25) is 0 Å². The highest BCUT2D eigenvalue weighted by Crippen LogP contribution is 2.32. The van der Waals surface area contributed by atoms with Gasteiger partial charge in [0.25, 0.3) is 0 Å². The summed E-state index contributed by atoms with van der Waals surface area (Å²) >= 11 is 0. The average molecular weight is 527 g/mol. The van der Waals surface area contributed by atoms with Crippen LogP contribution in [0.2, 0.25) is 0 Å². The van der Waals surface area contributed by atoms with Gasteiger partial charge in [-0.1, -0.05) is 19.9 Å². The van der Waals surface area contributed by atoms with Gasteiger partial charge in [-0.3, -0.25) is 4.99 Å². The molecule has 1 unspecified atom stereocenters. The topological polar surface area (TPSA) is 89.0 Å². The van der Waals surface area contributed by atoms with Gasteiger partial charge < -0.3 is 20.1 Å². The summed E-state index contributed by atoms with van der Waals surface area (Å²) in [6.45, 7) is 6.84. The molecule has 0 heterocycles. The van der Waals surface area contributed by atoms with Crippen LogP contribution in [0.15, 0.2) is 23.2 Å². The van der Waals surface area contributed by atoms with Crippen LogP contribution in [0.5, 0.6) is 11.5 Å². The molecule has 7 nitrogen and oxygen atoms in total. The normalized spacial score (nSPS) is 13.3. The Morgan fingerprint density at radius 1 is 1.21 bits per heavy atom. The molecule has 1 aromatic carbocycles. The molecular weight excluding hydrogens is 493 g/mol. The van der Waals surface area contributed by atoms with Crippen molar-refractivity contribution in [3.8, 4) is 11.5 Å². The minimum absolute atomic E-state index is 0. The Kier molecular flexibility index (Phi) is 11.2. The molecule has 0 aliphatic heterocycles. The summed E-state index contributed by atoms with van der Waals surface area (Å²) in [5.74, 6) is 2.18. The minimum Gasteiger partial charge on any atom is -0.493 e. The fourth-order valence-electron chi connectivity index (χ4n) is 2.55. The van der Waals surface area contributed by atoms with Crippen LogP contribution in [-0.2, 0) is 15.3 Å². The molecule has 162 valence electrons. The highest BCUT2D eigenvalue weighted by Gasteiger charge is 2.23. The van der Waals surface area contributed by atoms with Gasteiger partial charge >= 0.3 is 0 Å². The third-order valence-corrected chi connectivity index (χ3v) is 5.37. The van der Waals surface area contributed by atoms with E-state index in [0.717, 1.165) is 5.56 Å². The van der Waals surface area contributed by atoms with E-state index in [1.807, 2.05) is 25.1 Å². The SMILES string of the molecule is CN=C(NCC(C)(C)c1ccc(OC)c(OC)c1)NC(C)CCS(C)(=O)=O.I. The number of hydrogen-bond acceptors (Lipinski definition) is 5. The molecular formula is C19H34IN3O4S. The van der Waals surface area contributed by atoms with E-state index in [2.05, 4.69) is 29.5 Å². The van der Waals surface area contributed by atoms with Gasteiger partial charge in [0.1, 0.15) is 9.84 Å². The van der Waals surface area contributed by atoms with Crippen LogP contribution in [0.25, 0.3) is 0 Å². The number of halogens is 1. The van der Waals surface area contributed by atoms with Crippen molar-refractivity contribution in [2.45, 2.75) is 38.6 Å². The molecule has 1 atom stereocenters. The molecule has 9 heteroatoms. The number of hydrogen-bond donors (Lipinski definition) is 2. The number of sulfone groups is 1. The van der Waals surface area contributed by atoms with Gasteiger partial charge in [-0.25, -0.2) is 8.42 Å². The molecule has 0 saturated heterocycles. The van der Waals surface area contributed by atoms with Gasteiger partial charge in [0.05, 0.1) is 20.0 Å². The van der Waals surface area contributed by atoms with E-state index < -0.39 is 9.84 Å². The maximum atomic E-state index is 11.3. The molecule has 1 aromatic rings. The van der Waals surface area contributed by atoms with Crippen LogP contribution >= 0.6 is 24.0 Å². The van der Waals surface area contributed by atoms with E-state index >= 15 is 0 Å². The Bertz CT molecular complexity index is 752. The second-order valence-corrected chi connectivity index (χ2v) is 9.60. The molecule has 2 N–H and O–H groups in total. The lowest BCUT2D eigenvalue weighted by Gasteiger charge is -2.28. The molecule has 0 radical (unpaired) electrons. The van der Waals surface area contributed by atoms with Crippen LogP contribution in [0.3, 0.4) is 0 Å². The highest BCUT2D eigenvalue weighted by molar-refractivity contribution is 14.0. The summed E-state index contributed by atoms with van der Waals surface area (Å²) in [4.78, 5) is 4.23. The Balaban J connectivity index is 0.00000729. The number of ether oxygens (including phenoxy) is 2. The van der Waals surface area contributed by atoms with Crippen molar-refractivity contribution in [1.82, 2.24) is 10.6 Å². The molecule has 0 saturated carbocycles. The van der Waals surface area contributed by atoms with Crippen molar-refractivity contribution in [3.05, 3.63) is 23.8 Å². The first-order valence-corrected chi connectivity index (χ1v) is 11.0. The smallest absolute Gasteiger partial charge is 0.191 e.